The number of nitrogens with one attached hydrogen (secondary N) is 1. The molecule has 0 saturated heterocycles. The molecule has 0 spiro atoms. The monoisotopic (exact) mass is 261 g/mol. The fraction of sp³-hybridized carbons (Fsp3) is 0.286. The number of hydrogen-bond acceptors (Lipinski definition) is 4. The highest BCUT2D eigenvalue weighted by Gasteiger charge is 2.01. The summed E-state index contributed by atoms with van der Waals surface area (Å²) in [6.07, 6.45) is 3.54. The Hall–Kier alpha value is -1.85. The van der Waals surface area contributed by atoms with Crippen LogP contribution in [-0.4, -0.2) is 30.2 Å². The molecule has 0 amide bonds. The minimum atomic E-state index is -0.261. The predicted octanol–water partition coefficient (Wildman–Crippen LogP) is 2.02. The molecule has 1 aromatic carbocycles. The summed E-state index contributed by atoms with van der Waals surface area (Å²) in [5, 5.41) is 3.21. The lowest BCUT2D eigenvalue weighted by atomic mass is 10.2. The Morgan fingerprint density at radius 1 is 1.16 bits per heavy atom. The summed E-state index contributed by atoms with van der Waals surface area (Å²) in [4.78, 5) is 8.55. The summed E-state index contributed by atoms with van der Waals surface area (Å²) in [6.45, 7) is 2.16. The molecule has 0 bridgehead atoms. The molecule has 5 heteroatoms. The highest BCUT2D eigenvalue weighted by Crippen LogP contribution is 2.14. The molecule has 0 radical (unpaired) electrons. The summed E-state index contributed by atoms with van der Waals surface area (Å²) < 4.78 is 17.8. The summed E-state index contributed by atoms with van der Waals surface area (Å²) >= 11 is 0. The van der Waals surface area contributed by atoms with Crippen molar-refractivity contribution in [1.82, 2.24) is 15.3 Å². The molecule has 0 aliphatic rings. The number of nitrogens with zero attached hydrogens (tertiary/aromatic N) is 2. The van der Waals surface area contributed by atoms with Crippen molar-refractivity contribution in [2.75, 3.05) is 20.3 Å². The van der Waals surface area contributed by atoms with Crippen LogP contribution in [0.4, 0.5) is 4.39 Å². The third kappa shape index (κ3) is 4.08. The van der Waals surface area contributed by atoms with E-state index in [1.54, 1.807) is 31.6 Å². The molecular weight excluding hydrogens is 245 g/mol. The van der Waals surface area contributed by atoms with E-state index >= 15 is 0 Å². The number of halogens is 1. The van der Waals surface area contributed by atoms with E-state index in [1.165, 1.54) is 12.1 Å². The number of rotatable bonds is 6. The standard InChI is InChI=1S/C14H16FN3O/c1-19-7-6-16-8-11-9-17-14(18-10-11)12-2-4-13(15)5-3-12/h2-5,9-10,16H,6-8H2,1H3. The summed E-state index contributed by atoms with van der Waals surface area (Å²) in [5.41, 5.74) is 1.81. The number of ether oxygens (including phenoxy) is 1. The number of aromatic nitrogens is 2. The minimum absolute atomic E-state index is 0.261. The van der Waals surface area contributed by atoms with E-state index in [9.17, 15) is 4.39 Å². The Morgan fingerprint density at radius 3 is 2.47 bits per heavy atom. The van der Waals surface area contributed by atoms with Gasteiger partial charge in [0.25, 0.3) is 0 Å². The molecule has 0 atom stereocenters. The topological polar surface area (TPSA) is 47.0 Å². The zero-order chi connectivity index (χ0) is 13.5. The van der Waals surface area contributed by atoms with Crippen LogP contribution in [0.3, 0.4) is 0 Å². The maximum atomic E-state index is 12.8. The first kappa shape index (κ1) is 13.6. The number of benzene rings is 1. The third-order valence-corrected chi connectivity index (χ3v) is 2.62. The minimum Gasteiger partial charge on any atom is -0.383 e. The molecule has 0 aliphatic carbocycles. The SMILES string of the molecule is COCCNCc1cnc(-c2ccc(F)cc2)nc1. The van der Waals surface area contributed by atoms with Crippen LogP contribution >= 0.6 is 0 Å². The molecule has 0 aliphatic heterocycles. The maximum Gasteiger partial charge on any atom is 0.159 e. The van der Waals surface area contributed by atoms with Crippen molar-refractivity contribution in [2.45, 2.75) is 6.54 Å². The van der Waals surface area contributed by atoms with Crippen LogP contribution in [-0.2, 0) is 11.3 Å². The van der Waals surface area contributed by atoms with Gasteiger partial charge in [-0.1, -0.05) is 0 Å². The van der Waals surface area contributed by atoms with Gasteiger partial charge >= 0.3 is 0 Å². The van der Waals surface area contributed by atoms with E-state index in [1.807, 2.05) is 0 Å². The predicted molar refractivity (Wildman–Crippen MR) is 71.0 cm³/mol. The average molecular weight is 261 g/mol. The molecule has 1 N–H and O–H groups in total. The van der Waals surface area contributed by atoms with Gasteiger partial charge in [0.05, 0.1) is 6.61 Å². The number of hydrogen-bond donors (Lipinski definition) is 1. The zero-order valence-corrected chi connectivity index (χ0v) is 10.8. The second-order valence-electron chi connectivity index (χ2n) is 4.09. The van der Waals surface area contributed by atoms with Crippen molar-refractivity contribution >= 4 is 0 Å². The van der Waals surface area contributed by atoms with Gasteiger partial charge in [-0.25, -0.2) is 14.4 Å². The molecule has 19 heavy (non-hydrogen) atoms. The molecule has 100 valence electrons. The second kappa shape index (κ2) is 6.92. The van der Waals surface area contributed by atoms with Gasteiger partial charge in [0, 0.05) is 43.7 Å². The summed E-state index contributed by atoms with van der Waals surface area (Å²) in [7, 11) is 1.67. The van der Waals surface area contributed by atoms with Crippen molar-refractivity contribution in [3.8, 4) is 11.4 Å². The average Bonchev–Trinajstić information content (AvgIpc) is 2.45. The van der Waals surface area contributed by atoms with Crippen LogP contribution in [0.5, 0.6) is 0 Å². The first-order chi connectivity index (χ1) is 9.29. The Kier molecular flexibility index (Phi) is 4.94. The molecule has 1 aromatic heterocycles. The van der Waals surface area contributed by atoms with E-state index in [0.717, 1.165) is 17.7 Å². The van der Waals surface area contributed by atoms with Gasteiger partial charge in [-0.05, 0) is 24.3 Å². The largest absolute Gasteiger partial charge is 0.383 e. The van der Waals surface area contributed by atoms with Gasteiger partial charge in [0.1, 0.15) is 5.82 Å². The van der Waals surface area contributed by atoms with Crippen molar-refractivity contribution in [3.63, 3.8) is 0 Å². The molecule has 4 nitrogen and oxygen atoms in total. The second-order valence-corrected chi connectivity index (χ2v) is 4.09. The summed E-state index contributed by atoms with van der Waals surface area (Å²) in [6, 6.07) is 6.14. The molecular formula is C14H16FN3O. The summed E-state index contributed by atoms with van der Waals surface area (Å²) in [5.74, 6) is 0.336. The van der Waals surface area contributed by atoms with Gasteiger partial charge in [-0.15, -0.1) is 0 Å². The molecule has 0 saturated carbocycles. The van der Waals surface area contributed by atoms with Gasteiger partial charge in [0.15, 0.2) is 5.82 Å². The van der Waals surface area contributed by atoms with Crippen LogP contribution in [0.2, 0.25) is 0 Å². The van der Waals surface area contributed by atoms with Gasteiger partial charge in [0.2, 0.25) is 0 Å². The molecule has 2 aromatic rings. The quantitative estimate of drug-likeness (QED) is 0.808. The highest BCUT2D eigenvalue weighted by molar-refractivity contribution is 5.54. The van der Waals surface area contributed by atoms with Crippen LogP contribution in [0.25, 0.3) is 11.4 Å². The van der Waals surface area contributed by atoms with Crippen molar-refractivity contribution in [1.29, 1.82) is 0 Å². The van der Waals surface area contributed by atoms with Crippen LogP contribution in [0, 0.1) is 5.82 Å². The van der Waals surface area contributed by atoms with Crippen molar-refractivity contribution in [3.05, 3.63) is 48.0 Å². The molecule has 2 rings (SSSR count). The fourth-order valence-corrected chi connectivity index (χ4v) is 1.60. The lowest BCUT2D eigenvalue weighted by Gasteiger charge is -2.04. The van der Waals surface area contributed by atoms with E-state index in [0.29, 0.717) is 19.0 Å². The number of methoxy groups -OCH3 is 1. The Morgan fingerprint density at radius 2 is 1.84 bits per heavy atom. The van der Waals surface area contributed by atoms with E-state index < -0.39 is 0 Å². The fourth-order valence-electron chi connectivity index (χ4n) is 1.60. The van der Waals surface area contributed by atoms with E-state index in [4.69, 9.17) is 4.74 Å². The van der Waals surface area contributed by atoms with Crippen LogP contribution < -0.4 is 5.32 Å². The Labute approximate surface area is 111 Å². The maximum absolute atomic E-state index is 12.8. The molecule has 1 heterocycles. The Bertz CT molecular complexity index is 499. The first-order valence-electron chi connectivity index (χ1n) is 6.06. The van der Waals surface area contributed by atoms with Gasteiger partial charge in [-0.3, -0.25) is 0 Å². The smallest absolute Gasteiger partial charge is 0.159 e. The first-order valence-corrected chi connectivity index (χ1v) is 6.06. The highest BCUT2D eigenvalue weighted by atomic mass is 19.1. The third-order valence-electron chi connectivity index (χ3n) is 2.62. The molecule has 0 unspecified atom stereocenters. The Balaban J connectivity index is 1.96. The lowest BCUT2D eigenvalue weighted by molar-refractivity contribution is 0.199. The van der Waals surface area contributed by atoms with Crippen molar-refractivity contribution < 1.29 is 9.13 Å². The molecule has 0 fully saturated rings. The normalized spacial score (nSPS) is 10.6. The van der Waals surface area contributed by atoms with Crippen LogP contribution in [0.1, 0.15) is 5.56 Å². The zero-order valence-electron chi connectivity index (χ0n) is 10.8. The van der Waals surface area contributed by atoms with E-state index in [-0.39, 0.29) is 5.82 Å². The van der Waals surface area contributed by atoms with Crippen molar-refractivity contribution in [2.24, 2.45) is 0 Å². The van der Waals surface area contributed by atoms with E-state index in [2.05, 4.69) is 15.3 Å². The van der Waals surface area contributed by atoms with Gasteiger partial charge < -0.3 is 10.1 Å². The lowest BCUT2D eigenvalue weighted by Crippen LogP contribution is -2.18. The van der Waals surface area contributed by atoms with Crippen LogP contribution in [0.15, 0.2) is 36.7 Å². The van der Waals surface area contributed by atoms with Gasteiger partial charge in [-0.2, -0.15) is 0 Å².